The van der Waals surface area contributed by atoms with Gasteiger partial charge in [-0.1, -0.05) is 5.16 Å². The van der Waals surface area contributed by atoms with Gasteiger partial charge in [0.2, 0.25) is 17.5 Å². The van der Waals surface area contributed by atoms with Crippen molar-refractivity contribution in [1.82, 2.24) is 10.1 Å². The molecule has 2 aromatic heterocycles. The predicted molar refractivity (Wildman–Crippen MR) is 101 cm³/mol. The Hall–Kier alpha value is -3.20. The molecule has 28 heavy (non-hydrogen) atoms. The molecule has 3 rings (SSSR count). The molecule has 0 atom stereocenters. The summed E-state index contributed by atoms with van der Waals surface area (Å²) in [6.45, 7) is -0.396. The molecule has 0 radical (unpaired) electrons. The van der Waals surface area contributed by atoms with E-state index in [1.807, 2.05) is 16.8 Å². The summed E-state index contributed by atoms with van der Waals surface area (Å²) in [6.07, 6.45) is 0.250. The number of aromatic nitrogens is 2. The van der Waals surface area contributed by atoms with Gasteiger partial charge in [0.25, 0.3) is 0 Å². The van der Waals surface area contributed by atoms with Crippen molar-refractivity contribution in [2.45, 2.75) is 12.8 Å². The summed E-state index contributed by atoms with van der Waals surface area (Å²) in [5.41, 5.74) is 1.15. The van der Waals surface area contributed by atoms with Crippen molar-refractivity contribution in [2.75, 3.05) is 20.8 Å². The first kappa shape index (κ1) is 19.6. The smallest absolute Gasteiger partial charge is 0.306 e. The maximum Gasteiger partial charge on any atom is 0.306 e. The van der Waals surface area contributed by atoms with Gasteiger partial charge >= 0.3 is 5.97 Å². The molecule has 2 heterocycles. The van der Waals surface area contributed by atoms with Gasteiger partial charge in [0.05, 0.1) is 26.2 Å². The lowest BCUT2D eigenvalue weighted by Gasteiger charge is -2.10. The van der Waals surface area contributed by atoms with Crippen LogP contribution in [-0.4, -0.2) is 42.7 Å². The highest BCUT2D eigenvalue weighted by Gasteiger charge is 2.17. The van der Waals surface area contributed by atoms with Crippen molar-refractivity contribution in [2.24, 2.45) is 0 Å². The fourth-order valence-electron chi connectivity index (χ4n) is 2.40. The SMILES string of the molecule is COc1ccc(OC)c(C(=O)COC(=O)CCc2nc(-c3ccsc3)no2)c1. The topological polar surface area (TPSA) is 101 Å². The van der Waals surface area contributed by atoms with Crippen molar-refractivity contribution in [1.29, 1.82) is 0 Å². The summed E-state index contributed by atoms with van der Waals surface area (Å²) in [4.78, 5) is 28.5. The minimum Gasteiger partial charge on any atom is -0.497 e. The fraction of sp³-hybridized carbons (Fsp3) is 0.263. The third-order valence-corrected chi connectivity index (χ3v) is 4.54. The summed E-state index contributed by atoms with van der Waals surface area (Å²) in [5.74, 6) is 0.776. The number of esters is 1. The zero-order chi connectivity index (χ0) is 19.9. The van der Waals surface area contributed by atoms with Crippen LogP contribution in [0.15, 0.2) is 39.5 Å². The van der Waals surface area contributed by atoms with E-state index in [0.717, 1.165) is 5.56 Å². The van der Waals surface area contributed by atoms with Gasteiger partial charge in [0.1, 0.15) is 11.5 Å². The molecule has 0 saturated carbocycles. The van der Waals surface area contributed by atoms with Crippen molar-refractivity contribution in [3.63, 3.8) is 0 Å². The Kier molecular flexibility index (Phi) is 6.38. The lowest BCUT2D eigenvalue weighted by atomic mass is 10.1. The minimum absolute atomic E-state index is 0.0216. The second-order valence-electron chi connectivity index (χ2n) is 5.67. The molecule has 0 amide bonds. The van der Waals surface area contributed by atoms with Crippen LogP contribution >= 0.6 is 11.3 Å². The zero-order valence-corrected chi connectivity index (χ0v) is 16.2. The molecular formula is C19H18N2O6S. The van der Waals surface area contributed by atoms with Gasteiger partial charge in [-0.15, -0.1) is 0 Å². The van der Waals surface area contributed by atoms with Crippen LogP contribution in [0.25, 0.3) is 11.4 Å². The van der Waals surface area contributed by atoms with E-state index in [2.05, 4.69) is 10.1 Å². The molecule has 9 heteroatoms. The number of nitrogens with zero attached hydrogens (tertiary/aromatic N) is 2. The predicted octanol–water partition coefficient (Wildman–Crippen LogP) is 3.17. The van der Waals surface area contributed by atoms with Crippen LogP contribution in [0.2, 0.25) is 0 Å². The second kappa shape index (κ2) is 9.14. The minimum atomic E-state index is -0.537. The molecule has 0 bridgehead atoms. The number of Topliss-reactive ketones (excluding diaryl/α,β-unsaturated/α-hetero) is 1. The van der Waals surface area contributed by atoms with Crippen LogP contribution in [0.1, 0.15) is 22.7 Å². The third-order valence-electron chi connectivity index (χ3n) is 3.86. The first-order valence-corrected chi connectivity index (χ1v) is 9.31. The van der Waals surface area contributed by atoms with Crippen LogP contribution in [0.4, 0.5) is 0 Å². The average Bonchev–Trinajstić information content (AvgIpc) is 3.41. The summed E-state index contributed by atoms with van der Waals surface area (Å²) in [5, 5.41) is 7.69. The third kappa shape index (κ3) is 4.74. The highest BCUT2D eigenvalue weighted by Crippen LogP contribution is 2.24. The van der Waals surface area contributed by atoms with Crippen molar-refractivity contribution in [3.8, 4) is 22.9 Å². The number of methoxy groups -OCH3 is 2. The van der Waals surface area contributed by atoms with Gasteiger partial charge in [0, 0.05) is 17.4 Å². The van der Waals surface area contributed by atoms with E-state index in [0.29, 0.717) is 23.2 Å². The highest BCUT2D eigenvalue weighted by atomic mass is 32.1. The molecule has 0 aliphatic carbocycles. The van der Waals surface area contributed by atoms with E-state index in [4.69, 9.17) is 18.7 Å². The lowest BCUT2D eigenvalue weighted by Crippen LogP contribution is -2.15. The summed E-state index contributed by atoms with van der Waals surface area (Å²) < 4.78 is 20.5. The number of rotatable bonds is 9. The van der Waals surface area contributed by atoms with Gasteiger partial charge in [-0.05, 0) is 29.6 Å². The first-order valence-electron chi connectivity index (χ1n) is 8.36. The van der Waals surface area contributed by atoms with Gasteiger partial charge in [-0.25, -0.2) is 0 Å². The molecule has 3 aromatic rings. The number of ether oxygens (including phenoxy) is 3. The molecule has 0 N–H and O–H groups in total. The Morgan fingerprint density at radius 3 is 2.75 bits per heavy atom. The van der Waals surface area contributed by atoms with E-state index in [9.17, 15) is 9.59 Å². The molecule has 146 valence electrons. The quantitative estimate of drug-likeness (QED) is 0.397. The number of hydrogen-bond donors (Lipinski definition) is 0. The van der Waals surface area contributed by atoms with Crippen LogP contribution in [0.5, 0.6) is 11.5 Å². The van der Waals surface area contributed by atoms with Gasteiger partial charge in [-0.2, -0.15) is 16.3 Å². The number of carbonyl (C=O) groups excluding carboxylic acids is 2. The number of thiophene rings is 1. The maximum absolute atomic E-state index is 12.4. The zero-order valence-electron chi connectivity index (χ0n) is 15.3. The number of benzene rings is 1. The van der Waals surface area contributed by atoms with Crippen LogP contribution in [-0.2, 0) is 16.0 Å². The Bertz CT molecular complexity index is 951. The molecule has 0 fully saturated rings. The van der Waals surface area contributed by atoms with Crippen molar-refractivity contribution in [3.05, 3.63) is 46.5 Å². The molecular weight excluding hydrogens is 384 g/mol. The monoisotopic (exact) mass is 402 g/mol. The van der Waals surface area contributed by atoms with Crippen LogP contribution in [0, 0.1) is 0 Å². The van der Waals surface area contributed by atoms with Gasteiger partial charge in [-0.3, -0.25) is 9.59 Å². The van der Waals surface area contributed by atoms with E-state index in [1.165, 1.54) is 25.6 Å². The standard InChI is InChI=1S/C19H18N2O6S/c1-24-13-3-4-16(25-2)14(9-13)15(22)10-26-18(23)6-5-17-20-19(21-27-17)12-7-8-28-11-12/h3-4,7-9,11H,5-6,10H2,1-2H3. The molecule has 8 nitrogen and oxygen atoms in total. The largest absolute Gasteiger partial charge is 0.497 e. The molecule has 1 aromatic carbocycles. The summed E-state index contributed by atoms with van der Waals surface area (Å²) >= 11 is 1.53. The number of hydrogen-bond acceptors (Lipinski definition) is 9. The number of aryl methyl sites for hydroxylation is 1. The Morgan fingerprint density at radius 2 is 2.04 bits per heavy atom. The molecule has 0 spiro atoms. The molecule has 0 aliphatic rings. The first-order chi connectivity index (χ1) is 13.6. The van der Waals surface area contributed by atoms with Gasteiger partial charge < -0.3 is 18.7 Å². The molecule has 0 aliphatic heterocycles. The Balaban J connectivity index is 1.51. The summed E-state index contributed by atoms with van der Waals surface area (Å²) in [7, 11) is 2.96. The van der Waals surface area contributed by atoms with Crippen molar-refractivity contribution >= 4 is 23.1 Å². The van der Waals surface area contributed by atoms with E-state index >= 15 is 0 Å². The van der Waals surface area contributed by atoms with E-state index < -0.39 is 12.6 Å². The Labute approximate surface area is 165 Å². The Morgan fingerprint density at radius 1 is 1.18 bits per heavy atom. The second-order valence-corrected chi connectivity index (χ2v) is 6.45. The molecule has 0 unspecified atom stereocenters. The average molecular weight is 402 g/mol. The normalized spacial score (nSPS) is 10.5. The molecule has 0 saturated heterocycles. The van der Waals surface area contributed by atoms with Gasteiger partial charge in [0.15, 0.2) is 6.61 Å². The maximum atomic E-state index is 12.4. The number of ketones is 1. The highest BCUT2D eigenvalue weighted by molar-refractivity contribution is 7.08. The lowest BCUT2D eigenvalue weighted by molar-refractivity contribution is -0.142. The fourth-order valence-corrected chi connectivity index (χ4v) is 3.04. The number of carbonyl (C=O) groups is 2. The van der Waals surface area contributed by atoms with E-state index in [1.54, 1.807) is 18.2 Å². The van der Waals surface area contributed by atoms with Crippen molar-refractivity contribution < 1.29 is 28.3 Å². The van der Waals surface area contributed by atoms with Crippen LogP contribution < -0.4 is 9.47 Å². The summed E-state index contributed by atoms with van der Waals surface area (Å²) in [6, 6.07) is 6.72. The van der Waals surface area contributed by atoms with E-state index in [-0.39, 0.29) is 24.2 Å². The van der Waals surface area contributed by atoms with Crippen LogP contribution in [0.3, 0.4) is 0 Å².